The highest BCUT2D eigenvalue weighted by Gasteiger charge is 2.07. The van der Waals surface area contributed by atoms with Crippen LogP contribution in [-0.2, 0) is 12.8 Å². The maximum absolute atomic E-state index is 11.4. The van der Waals surface area contributed by atoms with Crippen molar-refractivity contribution in [1.29, 1.82) is 0 Å². The molecular formula is C19H30O. The van der Waals surface area contributed by atoms with Gasteiger partial charge in [-0.25, -0.2) is 0 Å². The van der Waals surface area contributed by atoms with Crippen LogP contribution in [0.3, 0.4) is 0 Å². The molecule has 1 heteroatoms. The first-order valence-corrected chi connectivity index (χ1v) is 8.39. The summed E-state index contributed by atoms with van der Waals surface area (Å²) >= 11 is 0. The topological polar surface area (TPSA) is 17.1 Å². The van der Waals surface area contributed by atoms with E-state index in [0.29, 0.717) is 0 Å². The quantitative estimate of drug-likeness (QED) is 0.371. The minimum atomic E-state index is 0.973. The van der Waals surface area contributed by atoms with Gasteiger partial charge in [-0.2, -0.15) is 0 Å². The van der Waals surface area contributed by atoms with Crippen molar-refractivity contribution in [3.05, 3.63) is 34.9 Å². The maximum Gasteiger partial charge on any atom is 0.150 e. The van der Waals surface area contributed by atoms with E-state index in [0.717, 1.165) is 24.7 Å². The fourth-order valence-electron chi connectivity index (χ4n) is 2.74. The minimum Gasteiger partial charge on any atom is -0.298 e. The van der Waals surface area contributed by atoms with E-state index in [1.165, 1.54) is 62.5 Å². The van der Waals surface area contributed by atoms with Crippen LogP contribution < -0.4 is 0 Å². The molecule has 1 rings (SSSR count). The van der Waals surface area contributed by atoms with Crippen molar-refractivity contribution < 1.29 is 4.79 Å². The van der Waals surface area contributed by atoms with E-state index in [2.05, 4.69) is 32.0 Å². The summed E-state index contributed by atoms with van der Waals surface area (Å²) in [4.78, 5) is 11.4. The summed E-state index contributed by atoms with van der Waals surface area (Å²) in [6.07, 6.45) is 13.3. The van der Waals surface area contributed by atoms with Crippen LogP contribution >= 0.6 is 0 Å². The average Bonchev–Trinajstić information content (AvgIpc) is 2.48. The summed E-state index contributed by atoms with van der Waals surface area (Å²) in [5, 5.41) is 0. The van der Waals surface area contributed by atoms with Gasteiger partial charge in [-0.05, 0) is 36.8 Å². The second kappa shape index (κ2) is 10.7. The Balaban J connectivity index is 2.58. The normalized spacial score (nSPS) is 10.7. The second-order valence-electron chi connectivity index (χ2n) is 5.73. The van der Waals surface area contributed by atoms with E-state index in [1.807, 2.05) is 0 Å². The standard InChI is InChI=1S/C19H30O/c1-3-5-7-9-12-17-14-11-15-18(19(17)16-20)13-10-8-6-4-2/h11,14-16H,3-10,12-13H2,1-2H3. The van der Waals surface area contributed by atoms with E-state index in [9.17, 15) is 4.79 Å². The number of hydrogen-bond acceptors (Lipinski definition) is 1. The Labute approximate surface area is 124 Å². The molecule has 1 aromatic rings. The van der Waals surface area contributed by atoms with E-state index in [1.54, 1.807) is 0 Å². The molecule has 1 aromatic carbocycles. The molecule has 0 aromatic heterocycles. The molecule has 0 atom stereocenters. The molecule has 0 saturated carbocycles. The SMILES string of the molecule is CCCCCCc1cccc(CCCCCC)c1C=O. The second-order valence-corrected chi connectivity index (χ2v) is 5.73. The van der Waals surface area contributed by atoms with Crippen molar-refractivity contribution in [3.8, 4) is 0 Å². The van der Waals surface area contributed by atoms with Gasteiger partial charge in [0.25, 0.3) is 0 Å². The predicted octanol–water partition coefficient (Wildman–Crippen LogP) is 5.74. The van der Waals surface area contributed by atoms with Gasteiger partial charge in [-0.3, -0.25) is 4.79 Å². The smallest absolute Gasteiger partial charge is 0.150 e. The summed E-state index contributed by atoms with van der Waals surface area (Å²) in [6, 6.07) is 6.38. The van der Waals surface area contributed by atoms with Crippen molar-refractivity contribution in [2.75, 3.05) is 0 Å². The summed E-state index contributed by atoms with van der Waals surface area (Å²) in [7, 11) is 0. The van der Waals surface area contributed by atoms with Gasteiger partial charge in [0.05, 0.1) is 0 Å². The summed E-state index contributed by atoms with van der Waals surface area (Å²) in [5.74, 6) is 0. The molecule has 0 saturated heterocycles. The summed E-state index contributed by atoms with van der Waals surface area (Å²) < 4.78 is 0. The van der Waals surface area contributed by atoms with Crippen LogP contribution in [0.2, 0.25) is 0 Å². The number of rotatable bonds is 11. The van der Waals surface area contributed by atoms with Gasteiger partial charge in [0.15, 0.2) is 6.29 Å². The zero-order valence-electron chi connectivity index (χ0n) is 13.3. The molecular weight excluding hydrogens is 244 g/mol. The largest absolute Gasteiger partial charge is 0.298 e. The number of unbranched alkanes of at least 4 members (excludes halogenated alkanes) is 6. The van der Waals surface area contributed by atoms with Gasteiger partial charge < -0.3 is 0 Å². The molecule has 0 heterocycles. The molecule has 0 spiro atoms. The molecule has 0 bridgehead atoms. The van der Waals surface area contributed by atoms with Gasteiger partial charge in [-0.1, -0.05) is 70.6 Å². The average molecular weight is 274 g/mol. The molecule has 112 valence electrons. The Morgan fingerprint density at radius 2 is 1.30 bits per heavy atom. The monoisotopic (exact) mass is 274 g/mol. The Hall–Kier alpha value is -1.11. The van der Waals surface area contributed by atoms with Crippen LogP contribution in [0.4, 0.5) is 0 Å². The predicted molar refractivity (Wildman–Crippen MR) is 87.5 cm³/mol. The van der Waals surface area contributed by atoms with E-state index in [-0.39, 0.29) is 0 Å². The van der Waals surface area contributed by atoms with Gasteiger partial charge in [0, 0.05) is 5.56 Å². The highest BCUT2D eigenvalue weighted by molar-refractivity contribution is 5.79. The lowest BCUT2D eigenvalue weighted by Gasteiger charge is -2.10. The highest BCUT2D eigenvalue weighted by Crippen LogP contribution is 2.18. The first kappa shape index (κ1) is 16.9. The molecule has 0 aliphatic heterocycles. The zero-order valence-corrected chi connectivity index (χ0v) is 13.3. The Kier molecular flexibility index (Phi) is 9.02. The highest BCUT2D eigenvalue weighted by atomic mass is 16.1. The first-order chi connectivity index (χ1) is 9.83. The van der Waals surface area contributed by atoms with Crippen LogP contribution in [0.1, 0.15) is 86.7 Å². The van der Waals surface area contributed by atoms with Crippen molar-refractivity contribution in [2.24, 2.45) is 0 Å². The Morgan fingerprint density at radius 3 is 1.70 bits per heavy atom. The van der Waals surface area contributed by atoms with Crippen LogP contribution in [-0.4, -0.2) is 6.29 Å². The van der Waals surface area contributed by atoms with Crippen molar-refractivity contribution in [2.45, 2.75) is 78.1 Å². The molecule has 0 unspecified atom stereocenters. The van der Waals surface area contributed by atoms with Crippen LogP contribution in [0.25, 0.3) is 0 Å². The third-order valence-corrected chi connectivity index (χ3v) is 4.00. The van der Waals surface area contributed by atoms with Gasteiger partial charge in [-0.15, -0.1) is 0 Å². The molecule has 0 N–H and O–H groups in total. The molecule has 0 amide bonds. The molecule has 0 aliphatic rings. The third-order valence-electron chi connectivity index (χ3n) is 4.00. The van der Waals surface area contributed by atoms with E-state index < -0.39 is 0 Å². The van der Waals surface area contributed by atoms with Crippen molar-refractivity contribution >= 4 is 6.29 Å². The molecule has 0 radical (unpaired) electrons. The van der Waals surface area contributed by atoms with Crippen LogP contribution in [0, 0.1) is 0 Å². The number of benzene rings is 1. The number of aryl methyl sites for hydroxylation is 2. The summed E-state index contributed by atoms with van der Waals surface area (Å²) in [5.41, 5.74) is 3.48. The molecule has 0 aliphatic carbocycles. The summed E-state index contributed by atoms with van der Waals surface area (Å²) in [6.45, 7) is 4.46. The number of aldehydes is 1. The van der Waals surface area contributed by atoms with Crippen LogP contribution in [0.15, 0.2) is 18.2 Å². The Morgan fingerprint density at radius 1 is 0.800 bits per heavy atom. The first-order valence-electron chi connectivity index (χ1n) is 8.39. The van der Waals surface area contributed by atoms with E-state index in [4.69, 9.17) is 0 Å². The minimum absolute atomic E-state index is 0.973. The molecule has 1 nitrogen and oxygen atoms in total. The van der Waals surface area contributed by atoms with Gasteiger partial charge in [0.2, 0.25) is 0 Å². The molecule has 0 fully saturated rings. The molecule has 20 heavy (non-hydrogen) atoms. The van der Waals surface area contributed by atoms with Crippen LogP contribution in [0.5, 0.6) is 0 Å². The van der Waals surface area contributed by atoms with Crippen molar-refractivity contribution in [1.82, 2.24) is 0 Å². The zero-order chi connectivity index (χ0) is 14.6. The third kappa shape index (κ3) is 5.90. The lowest BCUT2D eigenvalue weighted by Crippen LogP contribution is -2.00. The van der Waals surface area contributed by atoms with E-state index >= 15 is 0 Å². The fourth-order valence-corrected chi connectivity index (χ4v) is 2.74. The number of hydrogen-bond donors (Lipinski definition) is 0. The fraction of sp³-hybridized carbons (Fsp3) is 0.632. The van der Waals surface area contributed by atoms with Gasteiger partial charge >= 0.3 is 0 Å². The Bertz CT molecular complexity index is 351. The lowest BCUT2D eigenvalue weighted by molar-refractivity contribution is 0.112. The van der Waals surface area contributed by atoms with Crippen molar-refractivity contribution in [3.63, 3.8) is 0 Å². The van der Waals surface area contributed by atoms with Gasteiger partial charge in [0.1, 0.15) is 0 Å². The maximum atomic E-state index is 11.4. The lowest BCUT2D eigenvalue weighted by atomic mass is 9.94. The number of carbonyl (C=O) groups excluding carboxylic acids is 1. The number of carbonyl (C=O) groups is 1.